The van der Waals surface area contributed by atoms with Crippen molar-refractivity contribution in [1.82, 2.24) is 0 Å². The van der Waals surface area contributed by atoms with E-state index in [1.165, 1.54) is 22.3 Å². The molecule has 0 aliphatic heterocycles. The molecule has 0 amide bonds. The molecule has 0 fully saturated rings. The van der Waals surface area contributed by atoms with Crippen molar-refractivity contribution in [2.24, 2.45) is 11.8 Å². The lowest BCUT2D eigenvalue weighted by atomic mass is 9.91. The lowest BCUT2D eigenvalue weighted by molar-refractivity contribution is -0.120. The van der Waals surface area contributed by atoms with Gasteiger partial charge < -0.3 is 0 Å². The zero-order chi connectivity index (χ0) is 14.9. The molecule has 2 aliphatic carbocycles. The highest BCUT2D eigenvalue weighted by Crippen LogP contribution is 2.42. The van der Waals surface area contributed by atoms with Gasteiger partial charge in [0, 0.05) is 0 Å². The quantitative estimate of drug-likeness (QED) is 0.772. The van der Waals surface area contributed by atoms with E-state index in [4.69, 9.17) is 0 Å². The van der Waals surface area contributed by atoms with Crippen LogP contribution in [-0.4, -0.2) is 5.78 Å². The number of fused-ring (bicyclic) bond motifs is 2. The largest absolute Gasteiger partial charge is 0.298 e. The molecule has 0 aromatic heterocycles. The molecular formula is C21H18O. The van der Waals surface area contributed by atoms with Crippen LogP contribution in [0.2, 0.25) is 0 Å². The summed E-state index contributed by atoms with van der Waals surface area (Å²) in [4.78, 5) is 12.5. The van der Waals surface area contributed by atoms with Crippen LogP contribution in [0.1, 0.15) is 11.1 Å². The minimum atomic E-state index is 0.0175. The Morgan fingerprint density at radius 3 is 1.41 bits per heavy atom. The molecule has 108 valence electrons. The van der Waals surface area contributed by atoms with Crippen LogP contribution in [0.25, 0.3) is 0 Å². The minimum absolute atomic E-state index is 0.0175. The summed E-state index contributed by atoms with van der Waals surface area (Å²) in [6.45, 7) is 0. The van der Waals surface area contributed by atoms with Crippen LogP contribution in [-0.2, 0) is 17.6 Å². The van der Waals surface area contributed by atoms with Crippen LogP contribution in [0.4, 0.5) is 0 Å². The summed E-state index contributed by atoms with van der Waals surface area (Å²) in [5.74, 6) is 0.407. The second-order valence-corrected chi connectivity index (χ2v) is 6.17. The molecule has 0 spiro atoms. The van der Waals surface area contributed by atoms with Crippen molar-refractivity contribution in [3.05, 3.63) is 95.1 Å². The van der Waals surface area contributed by atoms with Gasteiger partial charge in [-0.15, -0.1) is 0 Å². The topological polar surface area (TPSA) is 17.1 Å². The molecule has 2 aliphatic rings. The van der Waals surface area contributed by atoms with Crippen LogP contribution >= 0.6 is 0 Å². The van der Waals surface area contributed by atoms with E-state index in [9.17, 15) is 4.79 Å². The van der Waals surface area contributed by atoms with Crippen LogP contribution in [0, 0.1) is 11.8 Å². The van der Waals surface area contributed by atoms with Gasteiger partial charge in [-0.3, -0.25) is 4.79 Å². The van der Waals surface area contributed by atoms with E-state index >= 15 is 0 Å². The fraction of sp³-hybridized carbons (Fsp3) is 0.190. The Bertz CT molecular complexity index is 688. The monoisotopic (exact) mass is 286 g/mol. The van der Waals surface area contributed by atoms with E-state index in [-0.39, 0.29) is 11.8 Å². The Kier molecular flexibility index (Phi) is 3.27. The fourth-order valence-corrected chi connectivity index (χ4v) is 3.57. The third-order valence-electron chi connectivity index (χ3n) is 4.68. The summed E-state index contributed by atoms with van der Waals surface area (Å²) in [6.07, 6.45) is 6.20. The van der Waals surface area contributed by atoms with E-state index in [1.54, 1.807) is 0 Å². The maximum Gasteiger partial charge on any atom is 0.154 e. The summed E-state index contributed by atoms with van der Waals surface area (Å²) in [6, 6.07) is 20.8. The van der Waals surface area contributed by atoms with Crippen molar-refractivity contribution < 1.29 is 4.79 Å². The Morgan fingerprint density at radius 2 is 1.05 bits per heavy atom. The van der Waals surface area contributed by atoms with Crippen LogP contribution in [0.15, 0.2) is 84.0 Å². The first-order valence-electron chi connectivity index (χ1n) is 7.84. The molecule has 0 N–H and O–H groups in total. The molecule has 0 unspecified atom stereocenters. The Labute approximate surface area is 131 Å². The van der Waals surface area contributed by atoms with Gasteiger partial charge in [0.1, 0.15) is 0 Å². The molecule has 2 aromatic rings. The zero-order valence-corrected chi connectivity index (χ0v) is 12.4. The third-order valence-corrected chi connectivity index (χ3v) is 4.68. The van der Waals surface area contributed by atoms with Gasteiger partial charge in [0.2, 0.25) is 0 Å². The predicted molar refractivity (Wildman–Crippen MR) is 88.4 cm³/mol. The highest BCUT2D eigenvalue weighted by atomic mass is 16.1. The van der Waals surface area contributed by atoms with E-state index in [0.29, 0.717) is 5.78 Å². The van der Waals surface area contributed by atoms with Crippen molar-refractivity contribution in [1.29, 1.82) is 0 Å². The number of benzene rings is 2. The Hall–Kier alpha value is -2.41. The maximum absolute atomic E-state index is 12.5. The lowest BCUT2D eigenvalue weighted by Crippen LogP contribution is -2.09. The van der Waals surface area contributed by atoms with Gasteiger partial charge in [0.05, 0.1) is 11.8 Å². The lowest BCUT2D eigenvalue weighted by Gasteiger charge is -2.12. The Morgan fingerprint density at radius 1 is 0.636 bits per heavy atom. The van der Waals surface area contributed by atoms with Gasteiger partial charge in [-0.05, 0) is 24.0 Å². The summed E-state index contributed by atoms with van der Waals surface area (Å²) in [7, 11) is 0. The fourth-order valence-electron chi connectivity index (χ4n) is 3.57. The molecule has 2 bridgehead atoms. The molecule has 0 heterocycles. The van der Waals surface area contributed by atoms with E-state index < -0.39 is 0 Å². The normalized spacial score (nSPS) is 22.6. The van der Waals surface area contributed by atoms with Crippen molar-refractivity contribution in [3.63, 3.8) is 0 Å². The SMILES string of the molecule is O=C1[C@H]2C=C(Cc3ccccc3)[C@@H]1C=C2Cc1ccccc1. The first-order valence-corrected chi connectivity index (χ1v) is 7.84. The van der Waals surface area contributed by atoms with Gasteiger partial charge in [-0.1, -0.05) is 84.0 Å². The van der Waals surface area contributed by atoms with Gasteiger partial charge in [-0.25, -0.2) is 0 Å². The van der Waals surface area contributed by atoms with E-state index in [0.717, 1.165) is 12.8 Å². The van der Waals surface area contributed by atoms with Gasteiger partial charge in [-0.2, -0.15) is 0 Å². The number of Topliss-reactive ketones (excluding diaryl/α,β-unsaturated/α-hetero) is 1. The summed E-state index contributed by atoms with van der Waals surface area (Å²) in [5, 5.41) is 0. The molecule has 0 radical (unpaired) electrons. The maximum atomic E-state index is 12.5. The molecule has 4 rings (SSSR count). The first-order chi connectivity index (χ1) is 10.8. The molecule has 2 atom stereocenters. The molecule has 0 saturated heterocycles. The van der Waals surface area contributed by atoms with Crippen molar-refractivity contribution in [2.45, 2.75) is 12.8 Å². The van der Waals surface area contributed by atoms with Crippen molar-refractivity contribution in [2.75, 3.05) is 0 Å². The molecule has 1 heteroatoms. The number of ketones is 1. The van der Waals surface area contributed by atoms with Gasteiger partial charge in [0.25, 0.3) is 0 Å². The molecule has 1 nitrogen and oxygen atoms in total. The molecular weight excluding hydrogens is 268 g/mol. The second kappa shape index (κ2) is 5.42. The third kappa shape index (κ3) is 2.33. The first kappa shape index (κ1) is 13.3. The number of hydrogen-bond donors (Lipinski definition) is 0. The molecule has 0 saturated carbocycles. The van der Waals surface area contributed by atoms with E-state index in [2.05, 4.69) is 60.7 Å². The summed E-state index contributed by atoms with van der Waals surface area (Å²) < 4.78 is 0. The van der Waals surface area contributed by atoms with Crippen LogP contribution in [0.3, 0.4) is 0 Å². The minimum Gasteiger partial charge on any atom is -0.298 e. The van der Waals surface area contributed by atoms with Gasteiger partial charge >= 0.3 is 0 Å². The average Bonchev–Trinajstić information content (AvgIpc) is 3.01. The molecule has 2 aromatic carbocycles. The number of allylic oxidation sites excluding steroid dienone is 4. The summed E-state index contributed by atoms with van der Waals surface area (Å²) >= 11 is 0. The standard InChI is InChI=1S/C21H18O/c22-21-19-14-18(12-16-9-5-2-6-10-16)20(21)13-17(19)11-15-7-3-1-4-8-15/h1-10,13-14,19-20H,11-12H2/t19-,20-/m0/s1. The van der Waals surface area contributed by atoms with Gasteiger partial charge in [0.15, 0.2) is 5.78 Å². The smallest absolute Gasteiger partial charge is 0.154 e. The highest BCUT2D eigenvalue weighted by molar-refractivity contribution is 5.98. The van der Waals surface area contributed by atoms with Crippen molar-refractivity contribution in [3.8, 4) is 0 Å². The average molecular weight is 286 g/mol. The number of carbonyl (C=O) groups excluding carboxylic acids is 1. The van der Waals surface area contributed by atoms with Crippen LogP contribution in [0.5, 0.6) is 0 Å². The van der Waals surface area contributed by atoms with E-state index in [1.807, 2.05) is 12.1 Å². The number of hydrogen-bond acceptors (Lipinski definition) is 1. The predicted octanol–water partition coefficient (Wildman–Crippen LogP) is 4.15. The highest BCUT2D eigenvalue weighted by Gasteiger charge is 2.41. The summed E-state index contributed by atoms with van der Waals surface area (Å²) in [5.41, 5.74) is 5.12. The number of carbonyl (C=O) groups is 1. The molecule has 22 heavy (non-hydrogen) atoms. The van der Waals surface area contributed by atoms with Crippen LogP contribution < -0.4 is 0 Å². The second-order valence-electron chi connectivity index (χ2n) is 6.17. The zero-order valence-electron chi connectivity index (χ0n) is 12.4. The van der Waals surface area contributed by atoms with Crippen molar-refractivity contribution >= 4 is 5.78 Å². The Balaban J connectivity index is 1.51. The number of rotatable bonds is 4.